The van der Waals surface area contributed by atoms with Crippen LogP contribution in [0.3, 0.4) is 0 Å². The molecule has 0 aromatic heterocycles. The summed E-state index contributed by atoms with van der Waals surface area (Å²) in [6.45, 7) is 4.05. The monoisotopic (exact) mass is 281 g/mol. The Labute approximate surface area is 117 Å². The number of carbonyl (C=O) groups excluding carboxylic acids is 2. The van der Waals surface area contributed by atoms with Crippen molar-refractivity contribution in [2.24, 2.45) is 11.7 Å². The summed E-state index contributed by atoms with van der Waals surface area (Å²) in [5, 5.41) is 5.20. The molecule has 1 aromatic rings. The van der Waals surface area contributed by atoms with Crippen molar-refractivity contribution in [3.63, 3.8) is 0 Å². The maximum Gasteiger partial charge on any atom is 0.225 e. The molecule has 20 heavy (non-hydrogen) atoms. The minimum Gasteiger partial charge on any atom is -0.330 e. The summed E-state index contributed by atoms with van der Waals surface area (Å²) in [4.78, 5) is 23.2. The molecular weight excluding hydrogens is 261 g/mol. The van der Waals surface area contributed by atoms with Gasteiger partial charge in [-0.15, -0.1) is 0 Å². The number of nitrogens with two attached hydrogens (primary N) is 1. The van der Waals surface area contributed by atoms with Gasteiger partial charge in [0.1, 0.15) is 5.82 Å². The van der Waals surface area contributed by atoms with Gasteiger partial charge in [0.05, 0.1) is 11.4 Å². The van der Waals surface area contributed by atoms with E-state index in [0.717, 1.165) is 0 Å². The minimum absolute atomic E-state index is 0.135. The Hall–Kier alpha value is -1.95. The van der Waals surface area contributed by atoms with Gasteiger partial charge < -0.3 is 16.4 Å². The molecule has 0 unspecified atom stereocenters. The molecule has 0 saturated carbocycles. The van der Waals surface area contributed by atoms with Gasteiger partial charge in [-0.3, -0.25) is 9.59 Å². The first-order chi connectivity index (χ1) is 9.42. The Morgan fingerprint density at radius 2 is 1.85 bits per heavy atom. The highest BCUT2D eigenvalue weighted by atomic mass is 19.1. The topological polar surface area (TPSA) is 84.2 Å². The van der Waals surface area contributed by atoms with E-state index in [2.05, 4.69) is 10.6 Å². The van der Waals surface area contributed by atoms with Crippen LogP contribution in [0.1, 0.15) is 26.7 Å². The maximum absolute atomic E-state index is 13.2. The Morgan fingerprint density at radius 1 is 1.20 bits per heavy atom. The second-order valence-corrected chi connectivity index (χ2v) is 4.92. The van der Waals surface area contributed by atoms with Gasteiger partial charge in [0.2, 0.25) is 11.8 Å². The number of benzene rings is 1. The van der Waals surface area contributed by atoms with Crippen LogP contribution in [-0.2, 0) is 9.59 Å². The SMILES string of the molecule is CC(C)CC(=O)Nc1ccc(F)cc1NC(=O)CCN. The van der Waals surface area contributed by atoms with Crippen molar-refractivity contribution in [2.45, 2.75) is 26.7 Å². The molecule has 4 N–H and O–H groups in total. The van der Waals surface area contributed by atoms with Crippen LogP contribution in [-0.4, -0.2) is 18.4 Å². The zero-order valence-electron chi connectivity index (χ0n) is 11.7. The van der Waals surface area contributed by atoms with Crippen molar-refractivity contribution in [2.75, 3.05) is 17.2 Å². The molecule has 1 rings (SSSR count). The quantitative estimate of drug-likeness (QED) is 0.746. The molecular formula is C14H20FN3O2. The molecule has 0 fully saturated rings. The van der Waals surface area contributed by atoms with Gasteiger partial charge in [0.25, 0.3) is 0 Å². The van der Waals surface area contributed by atoms with Crippen LogP contribution in [0.4, 0.5) is 15.8 Å². The third-order valence-corrected chi connectivity index (χ3v) is 2.49. The normalized spacial score (nSPS) is 10.4. The summed E-state index contributed by atoms with van der Waals surface area (Å²) in [6.07, 6.45) is 0.490. The van der Waals surface area contributed by atoms with E-state index in [0.29, 0.717) is 12.1 Å². The van der Waals surface area contributed by atoms with Crippen LogP contribution < -0.4 is 16.4 Å². The molecule has 0 spiro atoms. The van der Waals surface area contributed by atoms with Crippen molar-refractivity contribution in [3.8, 4) is 0 Å². The van der Waals surface area contributed by atoms with E-state index < -0.39 is 5.82 Å². The number of hydrogen-bond acceptors (Lipinski definition) is 3. The summed E-state index contributed by atoms with van der Waals surface area (Å²) in [5.74, 6) is -0.779. The van der Waals surface area contributed by atoms with Crippen LogP contribution in [0.25, 0.3) is 0 Å². The predicted octanol–water partition coefficient (Wildman–Crippen LogP) is 2.10. The molecule has 0 atom stereocenters. The highest BCUT2D eigenvalue weighted by Gasteiger charge is 2.11. The van der Waals surface area contributed by atoms with E-state index in [1.54, 1.807) is 0 Å². The zero-order chi connectivity index (χ0) is 15.1. The second kappa shape index (κ2) is 7.59. The molecule has 6 heteroatoms. The first-order valence-electron chi connectivity index (χ1n) is 6.51. The predicted molar refractivity (Wildman–Crippen MR) is 76.8 cm³/mol. The lowest BCUT2D eigenvalue weighted by molar-refractivity contribution is -0.117. The average molecular weight is 281 g/mol. The van der Waals surface area contributed by atoms with E-state index in [1.165, 1.54) is 18.2 Å². The van der Waals surface area contributed by atoms with Crippen LogP contribution in [0.2, 0.25) is 0 Å². The van der Waals surface area contributed by atoms with E-state index in [4.69, 9.17) is 5.73 Å². The van der Waals surface area contributed by atoms with Crippen LogP contribution >= 0.6 is 0 Å². The van der Waals surface area contributed by atoms with Crippen molar-refractivity contribution in [1.29, 1.82) is 0 Å². The molecule has 2 amide bonds. The van der Waals surface area contributed by atoms with Gasteiger partial charge in [-0.25, -0.2) is 4.39 Å². The Morgan fingerprint density at radius 3 is 2.45 bits per heavy atom. The molecule has 0 heterocycles. The maximum atomic E-state index is 13.2. The zero-order valence-corrected chi connectivity index (χ0v) is 11.7. The van der Waals surface area contributed by atoms with Crippen molar-refractivity contribution < 1.29 is 14.0 Å². The Kier molecular flexibility index (Phi) is 6.11. The van der Waals surface area contributed by atoms with Gasteiger partial charge >= 0.3 is 0 Å². The van der Waals surface area contributed by atoms with Crippen molar-refractivity contribution in [3.05, 3.63) is 24.0 Å². The molecule has 0 bridgehead atoms. The first-order valence-corrected chi connectivity index (χ1v) is 6.51. The van der Waals surface area contributed by atoms with Gasteiger partial charge in [-0.05, 0) is 24.1 Å². The molecule has 110 valence electrons. The number of anilines is 2. The first kappa shape index (κ1) is 16.1. The highest BCUT2D eigenvalue weighted by Crippen LogP contribution is 2.23. The molecule has 0 radical (unpaired) electrons. The van der Waals surface area contributed by atoms with Crippen molar-refractivity contribution in [1.82, 2.24) is 0 Å². The molecule has 0 aliphatic carbocycles. The summed E-state index contributed by atoms with van der Waals surface area (Å²) in [5.41, 5.74) is 5.90. The molecule has 5 nitrogen and oxygen atoms in total. The second-order valence-electron chi connectivity index (χ2n) is 4.92. The molecule has 0 saturated heterocycles. The Balaban J connectivity index is 2.84. The molecule has 0 aliphatic heterocycles. The van der Waals surface area contributed by atoms with E-state index >= 15 is 0 Å². The van der Waals surface area contributed by atoms with E-state index in [1.807, 2.05) is 13.8 Å². The summed E-state index contributed by atoms with van der Waals surface area (Å²) in [6, 6.07) is 3.81. The largest absolute Gasteiger partial charge is 0.330 e. The molecule has 1 aromatic carbocycles. The van der Waals surface area contributed by atoms with Crippen LogP contribution in [0.5, 0.6) is 0 Å². The number of amides is 2. The smallest absolute Gasteiger partial charge is 0.225 e. The third kappa shape index (κ3) is 5.36. The number of carbonyl (C=O) groups is 2. The Bertz CT molecular complexity index is 489. The third-order valence-electron chi connectivity index (χ3n) is 2.49. The lowest BCUT2D eigenvalue weighted by Crippen LogP contribution is -2.19. The van der Waals surface area contributed by atoms with E-state index in [9.17, 15) is 14.0 Å². The minimum atomic E-state index is -0.491. The fourth-order valence-corrected chi connectivity index (χ4v) is 1.64. The summed E-state index contributed by atoms with van der Waals surface area (Å²) in [7, 11) is 0. The standard InChI is InChI=1S/C14H20FN3O2/c1-9(2)7-14(20)17-11-4-3-10(15)8-12(11)18-13(19)5-6-16/h3-4,8-9H,5-7,16H2,1-2H3,(H,17,20)(H,18,19). The van der Waals surface area contributed by atoms with Gasteiger partial charge in [-0.1, -0.05) is 13.8 Å². The van der Waals surface area contributed by atoms with E-state index in [-0.39, 0.29) is 36.4 Å². The lowest BCUT2D eigenvalue weighted by Gasteiger charge is -2.13. The van der Waals surface area contributed by atoms with Gasteiger partial charge in [0.15, 0.2) is 0 Å². The van der Waals surface area contributed by atoms with Gasteiger partial charge in [0, 0.05) is 19.4 Å². The van der Waals surface area contributed by atoms with Crippen LogP contribution in [0.15, 0.2) is 18.2 Å². The number of rotatable bonds is 6. The van der Waals surface area contributed by atoms with Crippen LogP contribution in [0, 0.1) is 11.7 Å². The number of nitrogens with one attached hydrogen (secondary N) is 2. The lowest BCUT2D eigenvalue weighted by atomic mass is 10.1. The number of hydrogen-bond donors (Lipinski definition) is 3. The average Bonchev–Trinajstić information content (AvgIpc) is 2.32. The van der Waals surface area contributed by atoms with Gasteiger partial charge in [-0.2, -0.15) is 0 Å². The summed E-state index contributed by atoms with van der Waals surface area (Å²) >= 11 is 0. The summed E-state index contributed by atoms with van der Waals surface area (Å²) < 4.78 is 13.2. The highest BCUT2D eigenvalue weighted by molar-refractivity contribution is 5.99. The fraction of sp³-hybridized carbons (Fsp3) is 0.429. The number of halogens is 1. The fourth-order valence-electron chi connectivity index (χ4n) is 1.64. The van der Waals surface area contributed by atoms with Crippen molar-refractivity contribution >= 4 is 23.2 Å². The molecule has 0 aliphatic rings.